The van der Waals surface area contributed by atoms with E-state index in [1.54, 1.807) is 7.11 Å². The van der Waals surface area contributed by atoms with Gasteiger partial charge in [0, 0.05) is 25.0 Å². The SMILES string of the molecule is COC(/C=C/c1ccc(-n2cnc(C)c2)c(C)c1)NC1CCc2ccccc21. The monoisotopic (exact) mass is 373 g/mol. The van der Waals surface area contributed by atoms with Crippen molar-refractivity contribution in [2.75, 3.05) is 7.11 Å². The normalized spacial score (nSPS) is 17.2. The Kier molecular flexibility index (Phi) is 5.42. The number of aryl methyl sites for hydroxylation is 3. The Labute approximate surface area is 166 Å². The number of methoxy groups -OCH3 is 1. The second kappa shape index (κ2) is 8.13. The summed E-state index contributed by atoms with van der Waals surface area (Å²) in [4.78, 5) is 4.32. The van der Waals surface area contributed by atoms with Gasteiger partial charge < -0.3 is 9.30 Å². The van der Waals surface area contributed by atoms with Crippen LogP contribution < -0.4 is 5.32 Å². The zero-order valence-corrected chi connectivity index (χ0v) is 16.7. The third-order valence-corrected chi connectivity index (χ3v) is 5.43. The lowest BCUT2D eigenvalue weighted by atomic mass is 10.1. The van der Waals surface area contributed by atoms with Crippen LogP contribution in [0.3, 0.4) is 0 Å². The van der Waals surface area contributed by atoms with Crippen molar-refractivity contribution in [1.82, 2.24) is 14.9 Å². The zero-order valence-electron chi connectivity index (χ0n) is 16.7. The van der Waals surface area contributed by atoms with E-state index >= 15 is 0 Å². The number of nitrogens with zero attached hydrogens (tertiary/aromatic N) is 2. The van der Waals surface area contributed by atoms with Crippen LogP contribution in [-0.2, 0) is 11.2 Å². The Morgan fingerprint density at radius 2 is 2.07 bits per heavy atom. The number of benzene rings is 2. The minimum absolute atomic E-state index is 0.118. The van der Waals surface area contributed by atoms with Gasteiger partial charge in [0.1, 0.15) is 6.23 Å². The summed E-state index contributed by atoms with van der Waals surface area (Å²) < 4.78 is 7.73. The molecule has 2 aromatic carbocycles. The molecule has 2 unspecified atom stereocenters. The second-order valence-corrected chi connectivity index (χ2v) is 7.44. The highest BCUT2D eigenvalue weighted by molar-refractivity contribution is 5.55. The smallest absolute Gasteiger partial charge is 0.127 e. The molecule has 144 valence electrons. The molecule has 0 saturated carbocycles. The van der Waals surface area contributed by atoms with Crippen LogP contribution in [0.1, 0.15) is 40.4 Å². The molecule has 0 fully saturated rings. The first-order valence-electron chi connectivity index (χ1n) is 9.80. The van der Waals surface area contributed by atoms with E-state index in [0.717, 1.165) is 29.8 Å². The summed E-state index contributed by atoms with van der Waals surface area (Å²) in [5.41, 5.74) is 7.39. The first-order valence-corrected chi connectivity index (χ1v) is 9.80. The molecule has 1 aliphatic rings. The van der Waals surface area contributed by atoms with Gasteiger partial charge in [-0.25, -0.2) is 4.98 Å². The Balaban J connectivity index is 1.46. The van der Waals surface area contributed by atoms with Crippen LogP contribution in [0.15, 0.2) is 61.1 Å². The predicted molar refractivity (Wildman–Crippen MR) is 114 cm³/mol. The molecule has 1 aliphatic carbocycles. The highest BCUT2D eigenvalue weighted by Gasteiger charge is 2.23. The molecule has 0 saturated heterocycles. The van der Waals surface area contributed by atoms with Crippen LogP contribution in [0.4, 0.5) is 0 Å². The van der Waals surface area contributed by atoms with Crippen molar-refractivity contribution >= 4 is 6.08 Å². The second-order valence-electron chi connectivity index (χ2n) is 7.44. The number of hydrogen-bond acceptors (Lipinski definition) is 3. The fraction of sp³-hybridized carbons (Fsp3) is 0.292. The van der Waals surface area contributed by atoms with Crippen LogP contribution in [-0.4, -0.2) is 22.9 Å². The summed E-state index contributed by atoms with van der Waals surface area (Å²) in [7, 11) is 1.75. The lowest BCUT2D eigenvalue weighted by Crippen LogP contribution is -2.31. The van der Waals surface area contributed by atoms with Crippen molar-refractivity contribution in [1.29, 1.82) is 0 Å². The van der Waals surface area contributed by atoms with Gasteiger partial charge in [-0.15, -0.1) is 0 Å². The van der Waals surface area contributed by atoms with Gasteiger partial charge >= 0.3 is 0 Å². The van der Waals surface area contributed by atoms with Crippen molar-refractivity contribution in [3.63, 3.8) is 0 Å². The van der Waals surface area contributed by atoms with E-state index in [9.17, 15) is 0 Å². The largest absolute Gasteiger partial charge is 0.363 e. The molecule has 2 atom stereocenters. The van der Waals surface area contributed by atoms with E-state index in [4.69, 9.17) is 4.74 Å². The summed E-state index contributed by atoms with van der Waals surface area (Å²) in [6.07, 6.45) is 10.2. The average Bonchev–Trinajstić information content (AvgIpc) is 3.31. The molecule has 0 amide bonds. The van der Waals surface area contributed by atoms with Crippen molar-refractivity contribution in [3.05, 3.63) is 89.0 Å². The minimum atomic E-state index is -0.118. The lowest BCUT2D eigenvalue weighted by molar-refractivity contribution is 0.101. The number of ether oxygens (including phenoxy) is 1. The van der Waals surface area contributed by atoms with Gasteiger partial charge in [0.2, 0.25) is 0 Å². The van der Waals surface area contributed by atoms with Gasteiger partial charge in [0.05, 0.1) is 12.0 Å². The molecular weight excluding hydrogens is 346 g/mol. The van der Waals surface area contributed by atoms with Gasteiger partial charge in [-0.05, 0) is 67.2 Å². The molecule has 4 nitrogen and oxygen atoms in total. The number of fused-ring (bicyclic) bond motifs is 1. The predicted octanol–water partition coefficient (Wildman–Crippen LogP) is 4.75. The van der Waals surface area contributed by atoms with E-state index in [1.165, 1.54) is 16.7 Å². The minimum Gasteiger partial charge on any atom is -0.363 e. The summed E-state index contributed by atoms with van der Waals surface area (Å²) in [5.74, 6) is 0. The lowest BCUT2D eigenvalue weighted by Gasteiger charge is -2.20. The highest BCUT2D eigenvalue weighted by Crippen LogP contribution is 2.31. The summed E-state index contributed by atoms with van der Waals surface area (Å²) in [6.45, 7) is 4.13. The topological polar surface area (TPSA) is 39.1 Å². The van der Waals surface area contributed by atoms with Gasteiger partial charge in [-0.3, -0.25) is 5.32 Å². The summed E-state index contributed by atoms with van der Waals surface area (Å²) >= 11 is 0. The summed E-state index contributed by atoms with van der Waals surface area (Å²) in [6, 6.07) is 15.5. The zero-order chi connectivity index (χ0) is 19.5. The highest BCUT2D eigenvalue weighted by atomic mass is 16.5. The maximum Gasteiger partial charge on any atom is 0.127 e. The molecule has 1 aromatic heterocycles. The first kappa shape index (κ1) is 18.7. The van der Waals surface area contributed by atoms with E-state index in [-0.39, 0.29) is 6.23 Å². The van der Waals surface area contributed by atoms with E-state index < -0.39 is 0 Å². The van der Waals surface area contributed by atoms with E-state index in [1.807, 2.05) is 19.4 Å². The Bertz CT molecular complexity index is 989. The molecule has 0 spiro atoms. The Hall–Kier alpha value is -2.69. The molecule has 4 heteroatoms. The fourth-order valence-corrected chi connectivity index (χ4v) is 3.95. The molecule has 28 heavy (non-hydrogen) atoms. The van der Waals surface area contributed by atoms with Gasteiger partial charge in [-0.1, -0.05) is 36.4 Å². The standard InChI is InChI=1S/C24H27N3O/c1-17-14-19(8-12-23(17)27-15-18(2)25-16-27)9-13-24(28-3)26-22-11-10-20-6-4-5-7-21(20)22/h4-9,12-16,22,24,26H,10-11H2,1-3H3/b13-9+. The first-order chi connectivity index (χ1) is 13.6. The average molecular weight is 374 g/mol. The molecule has 4 rings (SSSR count). The van der Waals surface area contributed by atoms with Crippen LogP contribution in [0.25, 0.3) is 11.8 Å². The molecule has 3 aromatic rings. The molecule has 0 aliphatic heterocycles. The molecule has 1 N–H and O–H groups in total. The summed E-state index contributed by atoms with van der Waals surface area (Å²) in [5, 5.41) is 3.63. The number of aromatic nitrogens is 2. The van der Waals surface area contributed by atoms with E-state index in [0.29, 0.717) is 6.04 Å². The maximum absolute atomic E-state index is 5.66. The Morgan fingerprint density at radius 1 is 1.21 bits per heavy atom. The quantitative estimate of drug-likeness (QED) is 0.634. The number of imidazole rings is 1. The van der Waals surface area contributed by atoms with Crippen molar-refractivity contribution in [2.45, 2.75) is 39.0 Å². The number of nitrogens with one attached hydrogen (secondary N) is 1. The van der Waals surface area contributed by atoms with Crippen molar-refractivity contribution < 1.29 is 4.74 Å². The van der Waals surface area contributed by atoms with Crippen LogP contribution in [0.5, 0.6) is 0 Å². The third kappa shape index (κ3) is 3.93. The molecule has 0 bridgehead atoms. The maximum atomic E-state index is 5.66. The Morgan fingerprint density at radius 3 is 2.82 bits per heavy atom. The molecule has 1 heterocycles. The van der Waals surface area contributed by atoms with Gasteiger partial charge in [0.15, 0.2) is 0 Å². The number of hydrogen-bond donors (Lipinski definition) is 1. The number of rotatable bonds is 6. The van der Waals surface area contributed by atoms with Crippen LogP contribution >= 0.6 is 0 Å². The molecule has 0 radical (unpaired) electrons. The third-order valence-electron chi connectivity index (χ3n) is 5.43. The van der Waals surface area contributed by atoms with E-state index in [2.05, 4.69) is 76.4 Å². The van der Waals surface area contributed by atoms with Crippen LogP contribution in [0, 0.1) is 13.8 Å². The van der Waals surface area contributed by atoms with Crippen molar-refractivity contribution in [2.24, 2.45) is 0 Å². The van der Waals surface area contributed by atoms with Gasteiger partial charge in [-0.2, -0.15) is 0 Å². The fourth-order valence-electron chi connectivity index (χ4n) is 3.95. The van der Waals surface area contributed by atoms with Crippen molar-refractivity contribution in [3.8, 4) is 5.69 Å². The molecular formula is C24H27N3O. The van der Waals surface area contributed by atoms with Crippen LogP contribution in [0.2, 0.25) is 0 Å². The van der Waals surface area contributed by atoms with Gasteiger partial charge in [0.25, 0.3) is 0 Å².